The minimum Gasteiger partial charge on any atom is -0.456 e. The Kier molecular flexibility index (Phi) is 4.33. The summed E-state index contributed by atoms with van der Waals surface area (Å²) >= 11 is 3.47. The van der Waals surface area contributed by atoms with E-state index in [1.165, 1.54) is 38.2 Å². The van der Waals surface area contributed by atoms with Crippen LogP contribution in [0.1, 0.15) is 0 Å². The molecule has 3 heteroatoms. The van der Waals surface area contributed by atoms with Gasteiger partial charge in [-0.25, -0.2) is 4.98 Å². The molecular formula is C31H18BrNO. The summed E-state index contributed by atoms with van der Waals surface area (Å²) < 4.78 is 6.93. The Morgan fingerprint density at radius 1 is 0.500 bits per heavy atom. The van der Waals surface area contributed by atoms with E-state index < -0.39 is 0 Å². The molecular weight excluding hydrogens is 482 g/mol. The molecule has 0 saturated carbocycles. The van der Waals surface area contributed by atoms with Crippen LogP contribution in [0.5, 0.6) is 0 Å². The maximum atomic E-state index is 6.09. The molecule has 160 valence electrons. The molecule has 5 aromatic carbocycles. The first-order valence-corrected chi connectivity index (χ1v) is 12.0. The Balaban J connectivity index is 1.61. The van der Waals surface area contributed by atoms with Crippen LogP contribution in [0, 0.1) is 0 Å². The van der Waals surface area contributed by atoms with Crippen molar-refractivity contribution in [1.82, 2.24) is 4.98 Å². The number of fused-ring (bicyclic) bond motifs is 5. The minimum atomic E-state index is 0.835. The number of nitrogens with zero attached hydrogens (tertiary/aromatic N) is 1. The largest absolute Gasteiger partial charge is 0.456 e. The highest BCUT2D eigenvalue weighted by atomic mass is 79.9. The number of rotatable bonds is 2. The molecule has 7 rings (SSSR count). The van der Waals surface area contributed by atoms with E-state index in [2.05, 4.69) is 106 Å². The number of hydrogen-bond acceptors (Lipinski definition) is 2. The quantitative estimate of drug-likeness (QED) is 0.175. The van der Waals surface area contributed by atoms with Gasteiger partial charge in [-0.1, -0.05) is 78.9 Å². The lowest BCUT2D eigenvalue weighted by Gasteiger charge is -2.17. The van der Waals surface area contributed by atoms with Crippen LogP contribution < -0.4 is 0 Å². The Hall–Kier alpha value is -3.95. The van der Waals surface area contributed by atoms with Crippen LogP contribution in [-0.4, -0.2) is 4.98 Å². The standard InChI is InChI=1S/C31H18BrNO/c32-29-16-14-20(18-33-29)31-24-10-3-1-8-22(24)30(23-9-2-4-11-25(23)31)19-13-15-28-26(17-19)21-7-5-6-12-27(21)34-28/h1-18H. The summed E-state index contributed by atoms with van der Waals surface area (Å²) in [5.41, 5.74) is 6.58. The second-order valence-electron chi connectivity index (χ2n) is 8.52. The highest BCUT2D eigenvalue weighted by molar-refractivity contribution is 9.10. The van der Waals surface area contributed by atoms with Crippen LogP contribution in [0.4, 0.5) is 0 Å². The molecule has 0 bridgehead atoms. The van der Waals surface area contributed by atoms with Gasteiger partial charge in [-0.2, -0.15) is 0 Å². The highest BCUT2D eigenvalue weighted by Gasteiger charge is 2.17. The topological polar surface area (TPSA) is 26.0 Å². The normalized spacial score (nSPS) is 11.7. The van der Waals surface area contributed by atoms with Gasteiger partial charge in [-0.3, -0.25) is 0 Å². The molecule has 2 aromatic heterocycles. The lowest BCUT2D eigenvalue weighted by molar-refractivity contribution is 0.669. The van der Waals surface area contributed by atoms with E-state index in [4.69, 9.17) is 4.42 Å². The third kappa shape index (κ3) is 2.91. The third-order valence-corrected chi connectivity index (χ3v) is 7.08. The van der Waals surface area contributed by atoms with Crippen LogP contribution in [0.3, 0.4) is 0 Å². The summed E-state index contributed by atoms with van der Waals surface area (Å²) in [6.07, 6.45) is 1.95. The van der Waals surface area contributed by atoms with Crippen molar-refractivity contribution in [3.63, 3.8) is 0 Å². The molecule has 2 nitrogen and oxygen atoms in total. The molecule has 0 aliphatic heterocycles. The van der Waals surface area contributed by atoms with Gasteiger partial charge in [0, 0.05) is 22.5 Å². The van der Waals surface area contributed by atoms with E-state index in [1.54, 1.807) is 0 Å². The molecule has 7 aromatic rings. The number of para-hydroxylation sites is 1. The van der Waals surface area contributed by atoms with E-state index >= 15 is 0 Å². The first-order chi connectivity index (χ1) is 16.8. The molecule has 0 unspecified atom stereocenters. The van der Waals surface area contributed by atoms with Crippen LogP contribution in [0.15, 0.2) is 118 Å². The molecule has 2 heterocycles. The van der Waals surface area contributed by atoms with Gasteiger partial charge in [0.15, 0.2) is 0 Å². The maximum Gasteiger partial charge on any atom is 0.135 e. The van der Waals surface area contributed by atoms with Gasteiger partial charge in [0.25, 0.3) is 0 Å². The summed E-state index contributed by atoms with van der Waals surface area (Å²) in [5.74, 6) is 0. The van der Waals surface area contributed by atoms with Crippen LogP contribution in [-0.2, 0) is 0 Å². The first kappa shape index (κ1) is 19.5. The van der Waals surface area contributed by atoms with Crippen molar-refractivity contribution in [2.75, 3.05) is 0 Å². The number of benzene rings is 5. The minimum absolute atomic E-state index is 0.835. The van der Waals surface area contributed by atoms with E-state index in [0.29, 0.717) is 0 Å². The smallest absolute Gasteiger partial charge is 0.135 e. The number of furan rings is 1. The Labute approximate surface area is 204 Å². The van der Waals surface area contributed by atoms with Crippen LogP contribution in [0.2, 0.25) is 0 Å². The van der Waals surface area contributed by atoms with Crippen molar-refractivity contribution in [1.29, 1.82) is 0 Å². The molecule has 0 saturated heterocycles. The van der Waals surface area contributed by atoms with E-state index in [1.807, 2.05) is 24.4 Å². The van der Waals surface area contributed by atoms with Gasteiger partial charge in [0.05, 0.1) is 0 Å². The maximum absolute atomic E-state index is 6.09. The Bertz CT molecular complexity index is 1810. The number of aromatic nitrogens is 1. The summed E-state index contributed by atoms with van der Waals surface area (Å²) in [6, 6.07) is 36.3. The molecule has 0 spiro atoms. The second kappa shape index (κ2) is 7.54. The van der Waals surface area contributed by atoms with Crippen molar-refractivity contribution in [3.8, 4) is 22.3 Å². The van der Waals surface area contributed by atoms with Crippen LogP contribution >= 0.6 is 15.9 Å². The number of pyridine rings is 1. The van der Waals surface area contributed by atoms with Gasteiger partial charge < -0.3 is 4.42 Å². The molecule has 0 amide bonds. The third-order valence-electron chi connectivity index (χ3n) is 6.61. The molecule has 0 aliphatic rings. The van der Waals surface area contributed by atoms with Crippen molar-refractivity contribution >= 4 is 59.4 Å². The predicted octanol–water partition coefficient (Wildman–Crippen LogP) is 9.38. The van der Waals surface area contributed by atoms with E-state index in [-0.39, 0.29) is 0 Å². The number of hydrogen-bond donors (Lipinski definition) is 0. The highest BCUT2D eigenvalue weighted by Crippen LogP contribution is 2.44. The molecule has 0 aliphatic carbocycles. The average molecular weight is 500 g/mol. The fourth-order valence-electron chi connectivity index (χ4n) is 5.16. The zero-order chi connectivity index (χ0) is 22.6. The average Bonchev–Trinajstić information content (AvgIpc) is 3.26. The zero-order valence-electron chi connectivity index (χ0n) is 18.1. The lowest BCUT2D eigenvalue weighted by atomic mass is 9.86. The van der Waals surface area contributed by atoms with Crippen molar-refractivity contribution in [3.05, 3.63) is 114 Å². The van der Waals surface area contributed by atoms with Gasteiger partial charge in [0.1, 0.15) is 15.8 Å². The summed E-state index contributed by atoms with van der Waals surface area (Å²) in [5, 5.41) is 7.18. The predicted molar refractivity (Wildman–Crippen MR) is 145 cm³/mol. The van der Waals surface area contributed by atoms with Gasteiger partial charge in [-0.05, 0) is 78.4 Å². The number of halogens is 1. The molecule has 0 atom stereocenters. The van der Waals surface area contributed by atoms with Crippen LogP contribution in [0.25, 0.3) is 65.7 Å². The SMILES string of the molecule is Brc1ccc(-c2c3ccccc3c(-c3ccc4oc5ccccc5c4c3)c3ccccc23)cn1. The zero-order valence-corrected chi connectivity index (χ0v) is 19.7. The fraction of sp³-hybridized carbons (Fsp3) is 0. The lowest BCUT2D eigenvalue weighted by Crippen LogP contribution is -1.91. The van der Waals surface area contributed by atoms with Crippen molar-refractivity contribution < 1.29 is 4.42 Å². The summed E-state index contributed by atoms with van der Waals surface area (Å²) in [7, 11) is 0. The van der Waals surface area contributed by atoms with Gasteiger partial charge in [-0.15, -0.1) is 0 Å². The Morgan fingerprint density at radius 2 is 1.03 bits per heavy atom. The molecule has 0 fully saturated rings. The summed E-state index contributed by atoms with van der Waals surface area (Å²) in [6.45, 7) is 0. The summed E-state index contributed by atoms with van der Waals surface area (Å²) in [4.78, 5) is 4.51. The van der Waals surface area contributed by atoms with Gasteiger partial charge >= 0.3 is 0 Å². The molecule has 0 radical (unpaired) electrons. The van der Waals surface area contributed by atoms with E-state index in [9.17, 15) is 0 Å². The molecule has 34 heavy (non-hydrogen) atoms. The molecule has 0 N–H and O–H groups in total. The fourth-order valence-corrected chi connectivity index (χ4v) is 5.39. The monoisotopic (exact) mass is 499 g/mol. The Morgan fingerprint density at radius 3 is 1.65 bits per heavy atom. The van der Waals surface area contributed by atoms with Gasteiger partial charge in [0.2, 0.25) is 0 Å². The first-order valence-electron chi connectivity index (χ1n) is 11.2. The van der Waals surface area contributed by atoms with E-state index in [0.717, 1.165) is 32.1 Å². The van der Waals surface area contributed by atoms with Crippen molar-refractivity contribution in [2.24, 2.45) is 0 Å². The van der Waals surface area contributed by atoms with Crippen molar-refractivity contribution in [2.45, 2.75) is 0 Å². The second-order valence-corrected chi connectivity index (χ2v) is 9.33.